The Labute approximate surface area is 167 Å². The largest absolute Gasteiger partial charge is 0.459 e. The number of H-pyrrole nitrogens is 1. The second-order valence-corrected chi connectivity index (χ2v) is 7.27. The van der Waals surface area contributed by atoms with Crippen molar-refractivity contribution in [1.29, 1.82) is 0 Å². The van der Waals surface area contributed by atoms with Gasteiger partial charge >= 0.3 is 5.97 Å². The Morgan fingerprint density at radius 3 is 2.93 bits per heavy atom. The highest BCUT2D eigenvalue weighted by Gasteiger charge is 2.38. The van der Waals surface area contributed by atoms with Crippen LogP contribution in [0.15, 0.2) is 41.7 Å². The third kappa shape index (κ3) is 4.02. The highest BCUT2D eigenvalue weighted by Crippen LogP contribution is 2.29. The molecule has 4 heterocycles. The van der Waals surface area contributed by atoms with Gasteiger partial charge in [0, 0.05) is 42.6 Å². The summed E-state index contributed by atoms with van der Waals surface area (Å²) in [5.41, 5.74) is 1.35. The van der Waals surface area contributed by atoms with Crippen molar-refractivity contribution in [1.82, 2.24) is 15.3 Å². The SMILES string of the molecule is CC(C)OC(=O)C1=C(NC2CCOCC2)O/C(=C\c2c[nH]c3ncccc23)C1=O. The Balaban J connectivity index is 1.65. The van der Waals surface area contributed by atoms with Crippen LogP contribution in [0.5, 0.6) is 0 Å². The van der Waals surface area contributed by atoms with Crippen LogP contribution < -0.4 is 5.32 Å². The van der Waals surface area contributed by atoms with E-state index in [1.165, 1.54) is 0 Å². The topological polar surface area (TPSA) is 103 Å². The van der Waals surface area contributed by atoms with Gasteiger partial charge in [-0.15, -0.1) is 0 Å². The summed E-state index contributed by atoms with van der Waals surface area (Å²) in [5.74, 6) is -0.969. The Hall–Kier alpha value is -3.13. The number of ether oxygens (including phenoxy) is 3. The van der Waals surface area contributed by atoms with E-state index in [2.05, 4.69) is 15.3 Å². The molecular weight excluding hydrogens is 374 g/mol. The van der Waals surface area contributed by atoms with Crippen LogP contribution in [0.1, 0.15) is 32.3 Å². The van der Waals surface area contributed by atoms with Gasteiger partial charge in [-0.2, -0.15) is 0 Å². The van der Waals surface area contributed by atoms with Crippen molar-refractivity contribution in [3.63, 3.8) is 0 Å². The van der Waals surface area contributed by atoms with Gasteiger partial charge in [0.05, 0.1) is 6.10 Å². The summed E-state index contributed by atoms with van der Waals surface area (Å²) < 4.78 is 16.5. The molecule has 0 aromatic carbocycles. The molecule has 0 atom stereocenters. The molecule has 152 valence electrons. The summed E-state index contributed by atoms with van der Waals surface area (Å²) in [7, 11) is 0. The number of esters is 1. The second-order valence-electron chi connectivity index (χ2n) is 7.27. The number of carbonyl (C=O) groups excluding carboxylic acids is 2. The van der Waals surface area contributed by atoms with Gasteiger partial charge < -0.3 is 24.5 Å². The lowest BCUT2D eigenvalue weighted by molar-refractivity contribution is -0.143. The molecule has 0 bridgehead atoms. The van der Waals surface area contributed by atoms with Crippen LogP contribution in [0.3, 0.4) is 0 Å². The number of ketones is 1. The predicted octanol–water partition coefficient (Wildman–Crippen LogP) is 2.43. The van der Waals surface area contributed by atoms with Gasteiger partial charge in [-0.25, -0.2) is 9.78 Å². The number of Topliss-reactive ketones (excluding diaryl/α,β-unsaturated/α-hetero) is 1. The summed E-state index contributed by atoms with van der Waals surface area (Å²) in [5, 5.41) is 4.05. The van der Waals surface area contributed by atoms with Gasteiger partial charge in [-0.3, -0.25) is 4.79 Å². The molecule has 1 saturated heterocycles. The van der Waals surface area contributed by atoms with Crippen molar-refractivity contribution in [2.45, 2.75) is 38.8 Å². The number of nitrogens with zero attached hydrogens (tertiary/aromatic N) is 1. The van der Waals surface area contributed by atoms with E-state index in [0.717, 1.165) is 23.8 Å². The first-order valence-corrected chi connectivity index (χ1v) is 9.69. The maximum absolute atomic E-state index is 13.0. The molecule has 8 nitrogen and oxygen atoms in total. The number of nitrogens with one attached hydrogen (secondary N) is 2. The van der Waals surface area contributed by atoms with E-state index in [0.29, 0.717) is 18.9 Å². The molecule has 0 amide bonds. The standard InChI is InChI=1S/C21H23N3O5/c1-12(2)28-21(26)17-18(25)16(29-20(17)24-14-5-8-27-9-6-14)10-13-11-23-19-15(13)4-3-7-22-19/h3-4,7,10-12,14,24H,5-6,8-9H2,1-2H3,(H,22,23)/b16-10-. The average Bonchev–Trinajstić information content (AvgIpc) is 3.24. The van der Waals surface area contributed by atoms with Crippen molar-refractivity contribution in [2.24, 2.45) is 0 Å². The van der Waals surface area contributed by atoms with E-state index < -0.39 is 11.8 Å². The Morgan fingerprint density at radius 2 is 2.17 bits per heavy atom. The third-order valence-corrected chi connectivity index (χ3v) is 4.76. The van der Waals surface area contributed by atoms with Crippen LogP contribution in [-0.4, -0.2) is 47.1 Å². The average molecular weight is 397 g/mol. The molecule has 0 radical (unpaired) electrons. The smallest absolute Gasteiger partial charge is 0.348 e. The summed E-state index contributed by atoms with van der Waals surface area (Å²) in [4.78, 5) is 32.9. The maximum atomic E-state index is 13.0. The van der Waals surface area contributed by atoms with E-state index in [1.54, 1.807) is 32.3 Å². The van der Waals surface area contributed by atoms with Crippen LogP contribution in [0, 0.1) is 0 Å². The van der Waals surface area contributed by atoms with Gasteiger partial charge in [0.1, 0.15) is 5.65 Å². The zero-order valence-electron chi connectivity index (χ0n) is 16.4. The second kappa shape index (κ2) is 8.08. The Bertz CT molecular complexity index is 999. The first kappa shape index (κ1) is 19.2. The van der Waals surface area contributed by atoms with Gasteiger partial charge in [-0.1, -0.05) is 0 Å². The molecular formula is C21H23N3O5. The lowest BCUT2D eigenvalue weighted by Gasteiger charge is -2.24. The minimum Gasteiger partial charge on any atom is -0.459 e. The number of hydrogen-bond acceptors (Lipinski definition) is 7. The van der Waals surface area contributed by atoms with Crippen LogP contribution in [0.2, 0.25) is 0 Å². The molecule has 1 fully saturated rings. The molecule has 8 heteroatoms. The molecule has 0 unspecified atom stereocenters. The fourth-order valence-corrected chi connectivity index (χ4v) is 3.35. The molecule has 2 aromatic rings. The van der Waals surface area contributed by atoms with Crippen molar-refractivity contribution in [2.75, 3.05) is 13.2 Å². The monoisotopic (exact) mass is 397 g/mol. The molecule has 2 aromatic heterocycles. The zero-order valence-corrected chi connectivity index (χ0v) is 16.4. The van der Waals surface area contributed by atoms with E-state index in [9.17, 15) is 9.59 Å². The molecule has 29 heavy (non-hydrogen) atoms. The highest BCUT2D eigenvalue weighted by molar-refractivity contribution is 6.26. The molecule has 2 aliphatic rings. The van der Waals surface area contributed by atoms with Crippen molar-refractivity contribution < 1.29 is 23.8 Å². The van der Waals surface area contributed by atoms with Gasteiger partial charge in [0.25, 0.3) is 0 Å². The summed E-state index contributed by atoms with van der Waals surface area (Å²) in [6.07, 6.45) is 6.23. The van der Waals surface area contributed by atoms with Crippen LogP contribution >= 0.6 is 0 Å². The van der Waals surface area contributed by atoms with E-state index >= 15 is 0 Å². The predicted molar refractivity (Wildman–Crippen MR) is 105 cm³/mol. The molecule has 2 N–H and O–H groups in total. The van der Waals surface area contributed by atoms with Crippen molar-refractivity contribution in [3.8, 4) is 0 Å². The fourth-order valence-electron chi connectivity index (χ4n) is 3.35. The summed E-state index contributed by atoms with van der Waals surface area (Å²) in [6, 6.07) is 3.77. The Kier molecular flexibility index (Phi) is 5.35. The van der Waals surface area contributed by atoms with Gasteiger partial charge in [0.2, 0.25) is 11.7 Å². The van der Waals surface area contributed by atoms with Crippen molar-refractivity contribution in [3.05, 3.63) is 47.3 Å². The van der Waals surface area contributed by atoms with Gasteiger partial charge in [-0.05, 0) is 44.9 Å². The first-order chi connectivity index (χ1) is 14.0. The molecule has 4 rings (SSSR count). The number of carbonyl (C=O) groups is 2. The van der Waals surface area contributed by atoms with E-state index in [4.69, 9.17) is 14.2 Å². The number of allylic oxidation sites excluding steroid dienone is 1. The fraction of sp³-hybridized carbons (Fsp3) is 0.381. The molecule has 2 aliphatic heterocycles. The number of aromatic nitrogens is 2. The zero-order chi connectivity index (χ0) is 20.4. The minimum absolute atomic E-state index is 0.0602. The first-order valence-electron chi connectivity index (χ1n) is 9.69. The quantitative estimate of drug-likeness (QED) is 0.454. The number of fused-ring (bicyclic) bond motifs is 1. The van der Waals surface area contributed by atoms with Crippen molar-refractivity contribution >= 4 is 28.9 Å². The normalized spacial score (nSPS) is 19.3. The number of rotatable bonds is 5. The third-order valence-electron chi connectivity index (χ3n) is 4.76. The highest BCUT2D eigenvalue weighted by atomic mass is 16.5. The van der Waals surface area contributed by atoms with E-state index in [-0.39, 0.29) is 29.4 Å². The van der Waals surface area contributed by atoms with Crippen LogP contribution in [-0.2, 0) is 23.8 Å². The van der Waals surface area contributed by atoms with E-state index in [1.807, 2.05) is 12.1 Å². The lowest BCUT2D eigenvalue weighted by atomic mass is 10.1. The summed E-state index contributed by atoms with van der Waals surface area (Å²) in [6.45, 7) is 4.71. The molecule has 0 spiro atoms. The number of aromatic amines is 1. The van der Waals surface area contributed by atoms with Crippen LogP contribution in [0.25, 0.3) is 17.1 Å². The Morgan fingerprint density at radius 1 is 1.38 bits per heavy atom. The lowest BCUT2D eigenvalue weighted by Crippen LogP contribution is -2.35. The molecule has 0 saturated carbocycles. The minimum atomic E-state index is -0.691. The summed E-state index contributed by atoms with van der Waals surface area (Å²) >= 11 is 0. The number of hydrogen-bond donors (Lipinski definition) is 2. The van der Waals surface area contributed by atoms with Crippen LogP contribution in [0.4, 0.5) is 0 Å². The maximum Gasteiger partial charge on any atom is 0.348 e. The molecule has 0 aliphatic carbocycles. The van der Waals surface area contributed by atoms with Gasteiger partial charge in [0.15, 0.2) is 11.3 Å². The number of pyridine rings is 1.